The number of aliphatic hydroxyl groups excluding tert-OH is 1. The number of esters is 1. The Labute approximate surface area is 125 Å². The van der Waals surface area contributed by atoms with Gasteiger partial charge in [-0.1, -0.05) is 43.2 Å². The van der Waals surface area contributed by atoms with Crippen molar-refractivity contribution in [2.24, 2.45) is 0 Å². The highest BCUT2D eigenvalue weighted by Gasteiger charge is 2.25. The maximum Gasteiger partial charge on any atom is 0.309 e. The van der Waals surface area contributed by atoms with Crippen LogP contribution in [0.1, 0.15) is 55.6 Å². The van der Waals surface area contributed by atoms with Gasteiger partial charge in [0.1, 0.15) is 6.10 Å². The molecule has 1 aliphatic heterocycles. The first kappa shape index (κ1) is 14.3. The second kappa shape index (κ2) is 6.44. The van der Waals surface area contributed by atoms with E-state index in [2.05, 4.69) is 18.2 Å². The number of hydrogen-bond acceptors (Lipinski definition) is 3. The summed E-state index contributed by atoms with van der Waals surface area (Å²) in [4.78, 5) is 11.4. The first-order valence-corrected chi connectivity index (χ1v) is 7.87. The lowest BCUT2D eigenvalue weighted by atomic mass is 9.92. The van der Waals surface area contributed by atoms with Crippen LogP contribution in [0.25, 0.3) is 6.08 Å². The molecule has 21 heavy (non-hydrogen) atoms. The molecule has 1 heterocycles. The van der Waals surface area contributed by atoms with E-state index in [-0.39, 0.29) is 18.5 Å². The first-order valence-electron chi connectivity index (χ1n) is 7.87. The molecule has 3 rings (SSSR count). The average Bonchev–Trinajstić information content (AvgIpc) is 2.98. The van der Waals surface area contributed by atoms with Crippen LogP contribution in [0.5, 0.6) is 0 Å². The Hall–Kier alpha value is -1.61. The second-order valence-electron chi connectivity index (χ2n) is 6.09. The topological polar surface area (TPSA) is 46.5 Å². The number of cyclic esters (lactones) is 1. The number of carbonyl (C=O) groups is 1. The number of ether oxygens (including phenoxy) is 1. The van der Waals surface area contributed by atoms with Crippen molar-refractivity contribution in [3.05, 3.63) is 41.5 Å². The van der Waals surface area contributed by atoms with E-state index in [4.69, 9.17) is 4.74 Å². The monoisotopic (exact) mass is 286 g/mol. The summed E-state index contributed by atoms with van der Waals surface area (Å²) in [5, 5.41) is 9.64. The zero-order valence-electron chi connectivity index (χ0n) is 12.2. The summed E-state index contributed by atoms with van der Waals surface area (Å²) in [6.07, 6.45) is 8.84. The van der Waals surface area contributed by atoms with Crippen molar-refractivity contribution in [2.75, 3.05) is 0 Å². The van der Waals surface area contributed by atoms with Gasteiger partial charge in [0.2, 0.25) is 0 Å². The number of benzene rings is 1. The Morgan fingerprint density at radius 3 is 2.71 bits per heavy atom. The lowest BCUT2D eigenvalue weighted by molar-refractivity contribution is -0.156. The van der Waals surface area contributed by atoms with E-state index in [9.17, 15) is 9.90 Å². The highest BCUT2D eigenvalue weighted by molar-refractivity contribution is 5.71. The molecule has 0 bridgehead atoms. The molecule has 1 N–H and O–H groups in total. The average molecular weight is 286 g/mol. The van der Waals surface area contributed by atoms with Gasteiger partial charge in [0, 0.05) is 6.42 Å². The minimum Gasteiger partial charge on any atom is -0.458 e. The second-order valence-corrected chi connectivity index (χ2v) is 6.09. The van der Waals surface area contributed by atoms with Gasteiger partial charge in [-0.15, -0.1) is 0 Å². The fourth-order valence-electron chi connectivity index (χ4n) is 3.41. The molecule has 3 heteroatoms. The third-order valence-corrected chi connectivity index (χ3v) is 4.47. The molecule has 2 aliphatic rings. The van der Waals surface area contributed by atoms with Gasteiger partial charge in [0.05, 0.1) is 12.5 Å². The molecule has 1 aromatic rings. The van der Waals surface area contributed by atoms with Crippen LogP contribution < -0.4 is 0 Å². The molecule has 1 aromatic carbocycles. The summed E-state index contributed by atoms with van der Waals surface area (Å²) >= 11 is 0. The van der Waals surface area contributed by atoms with Crippen LogP contribution in [-0.4, -0.2) is 23.3 Å². The summed E-state index contributed by atoms with van der Waals surface area (Å²) in [5.41, 5.74) is 2.61. The lowest BCUT2D eigenvalue weighted by Crippen LogP contribution is -2.31. The zero-order chi connectivity index (χ0) is 14.7. The van der Waals surface area contributed by atoms with Crippen LogP contribution >= 0.6 is 0 Å². The van der Waals surface area contributed by atoms with Crippen molar-refractivity contribution in [1.29, 1.82) is 0 Å². The summed E-state index contributed by atoms with van der Waals surface area (Å²) in [6.45, 7) is 0. The largest absolute Gasteiger partial charge is 0.458 e. The molecule has 2 unspecified atom stereocenters. The van der Waals surface area contributed by atoms with Crippen LogP contribution in [0.4, 0.5) is 0 Å². The van der Waals surface area contributed by atoms with Gasteiger partial charge in [-0.25, -0.2) is 0 Å². The molecular weight excluding hydrogens is 264 g/mol. The molecule has 2 fully saturated rings. The summed E-state index contributed by atoms with van der Waals surface area (Å²) in [5.74, 6) is 0.345. The number of hydrogen-bond donors (Lipinski definition) is 1. The molecule has 2 atom stereocenters. The van der Waals surface area contributed by atoms with Crippen LogP contribution in [0.15, 0.2) is 30.3 Å². The third kappa shape index (κ3) is 3.53. The molecule has 112 valence electrons. The summed E-state index contributed by atoms with van der Waals surface area (Å²) < 4.78 is 5.26. The predicted molar refractivity (Wildman–Crippen MR) is 81.8 cm³/mol. The van der Waals surface area contributed by atoms with Gasteiger partial charge < -0.3 is 9.84 Å². The Balaban J connectivity index is 1.75. The molecule has 0 spiro atoms. The SMILES string of the molecule is O=C1CC(O)CC(/C=C/c2ccccc2C2CCCC2)O1. The molecule has 3 nitrogen and oxygen atoms in total. The molecule has 1 aliphatic carbocycles. The van der Waals surface area contributed by atoms with Gasteiger partial charge in [-0.05, 0) is 36.0 Å². The molecule has 1 saturated heterocycles. The minimum atomic E-state index is -0.578. The Morgan fingerprint density at radius 1 is 1.19 bits per heavy atom. The standard InChI is InChI=1S/C18H22O3/c19-15-11-16(21-18(20)12-15)10-9-14-7-3-4-8-17(14)13-5-1-2-6-13/h3-4,7-10,13,15-16,19H,1-2,5-6,11-12H2/b10-9+. The van der Waals surface area contributed by atoms with Gasteiger partial charge in [-0.3, -0.25) is 4.79 Å². The quantitative estimate of drug-likeness (QED) is 0.866. The maximum absolute atomic E-state index is 11.4. The van der Waals surface area contributed by atoms with E-state index in [1.165, 1.54) is 36.8 Å². The van der Waals surface area contributed by atoms with Crippen molar-refractivity contribution in [1.82, 2.24) is 0 Å². The van der Waals surface area contributed by atoms with E-state index in [0.717, 1.165) is 0 Å². The minimum absolute atomic E-state index is 0.114. The Kier molecular flexibility index (Phi) is 4.39. The van der Waals surface area contributed by atoms with E-state index < -0.39 is 6.10 Å². The lowest BCUT2D eigenvalue weighted by Gasteiger charge is -2.23. The van der Waals surface area contributed by atoms with E-state index in [0.29, 0.717) is 12.3 Å². The van der Waals surface area contributed by atoms with E-state index in [1.54, 1.807) is 0 Å². The molecular formula is C18H22O3. The molecule has 0 radical (unpaired) electrons. The van der Waals surface area contributed by atoms with Crippen molar-refractivity contribution >= 4 is 12.0 Å². The number of aliphatic hydroxyl groups is 1. The molecule has 0 amide bonds. The van der Waals surface area contributed by atoms with Gasteiger partial charge >= 0.3 is 5.97 Å². The highest BCUT2D eigenvalue weighted by atomic mass is 16.5. The van der Waals surface area contributed by atoms with Crippen molar-refractivity contribution in [2.45, 2.75) is 56.7 Å². The number of rotatable bonds is 3. The van der Waals surface area contributed by atoms with Gasteiger partial charge in [0.25, 0.3) is 0 Å². The van der Waals surface area contributed by atoms with Crippen LogP contribution in [0.3, 0.4) is 0 Å². The van der Waals surface area contributed by atoms with E-state index >= 15 is 0 Å². The van der Waals surface area contributed by atoms with Gasteiger partial charge in [0.15, 0.2) is 0 Å². The normalized spacial score (nSPS) is 27.2. The Bertz CT molecular complexity index is 529. The summed E-state index contributed by atoms with van der Waals surface area (Å²) in [7, 11) is 0. The molecule has 1 saturated carbocycles. The highest BCUT2D eigenvalue weighted by Crippen LogP contribution is 2.36. The fraction of sp³-hybridized carbons (Fsp3) is 0.500. The van der Waals surface area contributed by atoms with Crippen molar-refractivity contribution in [3.63, 3.8) is 0 Å². The zero-order valence-corrected chi connectivity index (χ0v) is 12.2. The van der Waals surface area contributed by atoms with Crippen LogP contribution in [0.2, 0.25) is 0 Å². The summed E-state index contributed by atoms with van der Waals surface area (Å²) in [6, 6.07) is 8.46. The van der Waals surface area contributed by atoms with Crippen LogP contribution in [-0.2, 0) is 9.53 Å². The maximum atomic E-state index is 11.4. The van der Waals surface area contributed by atoms with Crippen molar-refractivity contribution < 1.29 is 14.6 Å². The smallest absolute Gasteiger partial charge is 0.309 e. The van der Waals surface area contributed by atoms with Crippen LogP contribution in [0, 0.1) is 0 Å². The number of carbonyl (C=O) groups excluding carboxylic acids is 1. The van der Waals surface area contributed by atoms with E-state index in [1.807, 2.05) is 18.2 Å². The Morgan fingerprint density at radius 2 is 1.95 bits per heavy atom. The van der Waals surface area contributed by atoms with Crippen molar-refractivity contribution in [3.8, 4) is 0 Å². The molecule has 0 aromatic heterocycles. The fourth-order valence-corrected chi connectivity index (χ4v) is 3.41. The third-order valence-electron chi connectivity index (χ3n) is 4.47. The first-order chi connectivity index (χ1) is 10.2. The van der Waals surface area contributed by atoms with Gasteiger partial charge in [-0.2, -0.15) is 0 Å². The predicted octanol–water partition coefficient (Wildman–Crippen LogP) is 3.42.